The summed E-state index contributed by atoms with van der Waals surface area (Å²) in [6.45, 7) is 0. The van der Waals surface area contributed by atoms with Crippen LogP contribution in [0.2, 0.25) is 0 Å². The minimum absolute atomic E-state index is 0.00144. The van der Waals surface area contributed by atoms with E-state index in [1.807, 2.05) is 12.2 Å². The van der Waals surface area contributed by atoms with E-state index in [4.69, 9.17) is 0 Å². The third-order valence-corrected chi connectivity index (χ3v) is 6.52. The van der Waals surface area contributed by atoms with Gasteiger partial charge in [-0.15, -0.1) is 11.3 Å². The maximum absolute atomic E-state index is 12.7. The molecule has 0 aromatic carbocycles. The van der Waals surface area contributed by atoms with Crippen molar-refractivity contribution in [3.8, 4) is 6.07 Å². The first-order valence-corrected chi connectivity index (χ1v) is 8.68. The van der Waals surface area contributed by atoms with Crippen molar-refractivity contribution in [3.63, 3.8) is 0 Å². The molecule has 2 N–H and O–H groups in total. The second kappa shape index (κ2) is 5.20. The van der Waals surface area contributed by atoms with Crippen LogP contribution < -0.4 is 5.32 Å². The number of allylic oxidation sites excluding steroid dienone is 2. The number of carboxylic acids is 1. The summed E-state index contributed by atoms with van der Waals surface area (Å²) in [6.07, 6.45) is 7.53. The molecule has 2 bridgehead atoms. The number of nitrogens with one attached hydrogen (secondary N) is 1. The Balaban J connectivity index is 1.61. The fourth-order valence-corrected chi connectivity index (χ4v) is 5.56. The first kappa shape index (κ1) is 14.5. The molecule has 1 saturated carbocycles. The number of hydrogen-bond acceptors (Lipinski definition) is 4. The van der Waals surface area contributed by atoms with Gasteiger partial charge in [0.05, 0.1) is 17.4 Å². The van der Waals surface area contributed by atoms with Crippen molar-refractivity contribution < 1.29 is 14.7 Å². The molecule has 0 aliphatic heterocycles. The topological polar surface area (TPSA) is 90.2 Å². The van der Waals surface area contributed by atoms with Crippen LogP contribution in [0.3, 0.4) is 0 Å². The molecule has 0 saturated heterocycles. The Kier molecular flexibility index (Phi) is 3.27. The Morgan fingerprint density at radius 3 is 2.70 bits per heavy atom. The number of carboxylic acid groups (broad SMARTS) is 1. The fraction of sp³-hybridized carbons (Fsp3) is 0.471. The number of amides is 1. The molecule has 118 valence electrons. The van der Waals surface area contributed by atoms with Gasteiger partial charge >= 0.3 is 5.97 Å². The highest BCUT2D eigenvalue weighted by atomic mass is 32.1. The summed E-state index contributed by atoms with van der Waals surface area (Å²) < 4.78 is 0. The highest BCUT2D eigenvalue weighted by molar-refractivity contribution is 7.16. The van der Waals surface area contributed by atoms with E-state index in [2.05, 4.69) is 11.4 Å². The van der Waals surface area contributed by atoms with Gasteiger partial charge in [0.15, 0.2) is 0 Å². The Labute approximate surface area is 137 Å². The number of nitriles is 1. The first-order valence-electron chi connectivity index (χ1n) is 7.86. The van der Waals surface area contributed by atoms with Gasteiger partial charge in [-0.3, -0.25) is 9.59 Å². The quantitative estimate of drug-likeness (QED) is 0.834. The lowest BCUT2D eigenvalue weighted by atomic mass is 9.82. The molecule has 1 heterocycles. The van der Waals surface area contributed by atoms with Crippen molar-refractivity contribution in [3.05, 3.63) is 28.2 Å². The molecule has 6 heteroatoms. The van der Waals surface area contributed by atoms with Crippen molar-refractivity contribution in [1.82, 2.24) is 0 Å². The van der Waals surface area contributed by atoms with Crippen LogP contribution in [0.5, 0.6) is 0 Å². The summed E-state index contributed by atoms with van der Waals surface area (Å²) >= 11 is 1.47. The van der Waals surface area contributed by atoms with Gasteiger partial charge in [-0.1, -0.05) is 12.2 Å². The lowest BCUT2D eigenvalue weighted by molar-refractivity contribution is -0.146. The monoisotopic (exact) mass is 328 g/mol. The highest BCUT2D eigenvalue weighted by Gasteiger charge is 2.51. The van der Waals surface area contributed by atoms with Crippen LogP contribution in [0.4, 0.5) is 5.00 Å². The number of nitrogens with zero attached hydrogens (tertiary/aromatic N) is 1. The number of anilines is 1. The number of hydrogen-bond donors (Lipinski definition) is 2. The van der Waals surface area contributed by atoms with E-state index in [9.17, 15) is 20.0 Å². The Hall–Kier alpha value is -2.13. The third-order valence-electron chi connectivity index (χ3n) is 5.32. The normalized spacial score (nSPS) is 30.2. The zero-order valence-corrected chi connectivity index (χ0v) is 13.2. The van der Waals surface area contributed by atoms with Gasteiger partial charge in [0.25, 0.3) is 0 Å². The molecule has 3 aliphatic carbocycles. The highest BCUT2D eigenvalue weighted by Crippen LogP contribution is 2.49. The summed E-state index contributed by atoms with van der Waals surface area (Å²) in [5, 5.41) is 22.3. The average molecular weight is 328 g/mol. The van der Waals surface area contributed by atoms with Crippen molar-refractivity contribution in [2.45, 2.75) is 25.7 Å². The predicted octanol–water partition coefficient (Wildman–Crippen LogP) is 2.57. The molecule has 4 atom stereocenters. The van der Waals surface area contributed by atoms with Gasteiger partial charge in [-0.05, 0) is 43.1 Å². The summed E-state index contributed by atoms with van der Waals surface area (Å²) in [5.74, 6) is -2.40. The standard InChI is InChI=1S/C17H16N2O3S/c18-7-11-10-2-1-3-12(10)23-16(11)19-15(20)13-8-4-5-9(6-8)14(13)17(21)22/h4-5,8-9,13-14H,1-3,6H2,(H,19,20)(H,21,22)/t8-,9-,13-,14-/m0/s1. The van der Waals surface area contributed by atoms with Gasteiger partial charge in [0.1, 0.15) is 11.1 Å². The van der Waals surface area contributed by atoms with E-state index in [0.717, 1.165) is 31.2 Å². The summed E-state index contributed by atoms with van der Waals surface area (Å²) in [6, 6.07) is 2.21. The SMILES string of the molecule is N#Cc1c(NC(=O)[C@@H]2[C@@H](C(=O)O)[C@H]3C=C[C@H]2C3)sc2c1CCC2. The van der Waals surface area contributed by atoms with Gasteiger partial charge < -0.3 is 10.4 Å². The average Bonchev–Trinajstić information content (AvgIpc) is 3.25. The molecular weight excluding hydrogens is 312 g/mol. The molecule has 0 unspecified atom stereocenters. The molecule has 0 radical (unpaired) electrons. The van der Waals surface area contributed by atoms with E-state index in [1.54, 1.807) is 0 Å². The summed E-state index contributed by atoms with van der Waals surface area (Å²) in [7, 11) is 0. The van der Waals surface area contributed by atoms with E-state index >= 15 is 0 Å². The van der Waals surface area contributed by atoms with Gasteiger partial charge in [-0.25, -0.2) is 0 Å². The van der Waals surface area contributed by atoms with E-state index in [1.165, 1.54) is 16.2 Å². The third kappa shape index (κ3) is 2.11. The fourth-order valence-electron chi connectivity index (χ4n) is 4.32. The number of fused-ring (bicyclic) bond motifs is 3. The van der Waals surface area contributed by atoms with Crippen LogP contribution >= 0.6 is 11.3 Å². The second-order valence-electron chi connectivity index (χ2n) is 6.50. The molecule has 3 aliphatic rings. The predicted molar refractivity (Wildman–Crippen MR) is 85.0 cm³/mol. The van der Waals surface area contributed by atoms with Crippen molar-refractivity contribution in [2.24, 2.45) is 23.7 Å². The van der Waals surface area contributed by atoms with E-state index in [0.29, 0.717) is 10.6 Å². The largest absolute Gasteiger partial charge is 0.481 e. The molecule has 1 amide bonds. The van der Waals surface area contributed by atoms with Crippen LogP contribution in [0.25, 0.3) is 0 Å². The Morgan fingerprint density at radius 1 is 1.26 bits per heavy atom. The number of carbonyl (C=O) groups excluding carboxylic acids is 1. The van der Waals surface area contributed by atoms with E-state index in [-0.39, 0.29) is 17.7 Å². The van der Waals surface area contributed by atoms with Gasteiger partial charge in [0.2, 0.25) is 5.91 Å². The maximum atomic E-state index is 12.7. The molecule has 4 rings (SSSR count). The molecule has 5 nitrogen and oxygen atoms in total. The molecule has 0 spiro atoms. The maximum Gasteiger partial charge on any atom is 0.307 e. The number of rotatable bonds is 3. The smallest absolute Gasteiger partial charge is 0.307 e. The summed E-state index contributed by atoms with van der Waals surface area (Å²) in [5.41, 5.74) is 1.64. The van der Waals surface area contributed by atoms with Crippen molar-refractivity contribution >= 4 is 28.2 Å². The Bertz CT molecular complexity index is 774. The van der Waals surface area contributed by atoms with Crippen LogP contribution in [0.15, 0.2) is 12.2 Å². The molecular formula is C17H16N2O3S. The summed E-state index contributed by atoms with van der Waals surface area (Å²) in [4.78, 5) is 25.4. The molecule has 1 fully saturated rings. The van der Waals surface area contributed by atoms with Gasteiger partial charge in [0, 0.05) is 4.88 Å². The zero-order valence-electron chi connectivity index (χ0n) is 12.4. The van der Waals surface area contributed by atoms with Crippen molar-refractivity contribution in [1.29, 1.82) is 5.26 Å². The number of aryl methyl sites for hydroxylation is 1. The van der Waals surface area contributed by atoms with Crippen LogP contribution in [-0.2, 0) is 22.4 Å². The first-order chi connectivity index (χ1) is 11.1. The van der Waals surface area contributed by atoms with Crippen LogP contribution in [-0.4, -0.2) is 17.0 Å². The van der Waals surface area contributed by atoms with Crippen LogP contribution in [0.1, 0.15) is 28.8 Å². The molecule has 1 aromatic rings. The Morgan fingerprint density at radius 2 is 2.00 bits per heavy atom. The van der Waals surface area contributed by atoms with Gasteiger partial charge in [-0.2, -0.15) is 5.26 Å². The van der Waals surface area contributed by atoms with Crippen molar-refractivity contribution in [2.75, 3.05) is 5.32 Å². The number of carbonyl (C=O) groups is 2. The number of thiophene rings is 1. The second-order valence-corrected chi connectivity index (χ2v) is 7.61. The minimum atomic E-state index is -0.906. The van der Waals surface area contributed by atoms with E-state index < -0.39 is 17.8 Å². The molecule has 1 aromatic heterocycles. The lowest BCUT2D eigenvalue weighted by Crippen LogP contribution is -2.36. The molecule has 23 heavy (non-hydrogen) atoms. The van der Waals surface area contributed by atoms with Crippen LogP contribution in [0, 0.1) is 35.0 Å². The number of aliphatic carboxylic acids is 1. The minimum Gasteiger partial charge on any atom is -0.481 e. The zero-order chi connectivity index (χ0) is 16.1. The lowest BCUT2D eigenvalue weighted by Gasteiger charge is -2.23.